The maximum atomic E-state index is 12.4. The summed E-state index contributed by atoms with van der Waals surface area (Å²) in [6.45, 7) is 7.58. The molecule has 2 aromatic carbocycles. The van der Waals surface area contributed by atoms with Crippen LogP contribution in [0.1, 0.15) is 6.92 Å². The van der Waals surface area contributed by atoms with E-state index in [9.17, 15) is 4.79 Å². The van der Waals surface area contributed by atoms with Gasteiger partial charge in [0.25, 0.3) is 5.56 Å². The van der Waals surface area contributed by atoms with Crippen molar-refractivity contribution >= 4 is 28.2 Å². The standard InChI is InChI=1S/C20H21ClN4O/c1-2-24-10-12-25(13-11-24)15-8-6-14(7-9-15)19-22-17-5-3-4-16(21)18(17)20(26)23-19/h3-9H,2,10-13H2,1H3,(H,22,23,26). The van der Waals surface area contributed by atoms with Crippen LogP contribution in [0.4, 0.5) is 5.69 Å². The lowest BCUT2D eigenvalue weighted by Gasteiger charge is -2.35. The molecule has 1 saturated heterocycles. The van der Waals surface area contributed by atoms with Gasteiger partial charge in [-0.15, -0.1) is 0 Å². The lowest BCUT2D eigenvalue weighted by Crippen LogP contribution is -2.46. The monoisotopic (exact) mass is 368 g/mol. The number of rotatable bonds is 3. The molecule has 1 aromatic heterocycles. The Bertz CT molecular complexity index is 975. The highest BCUT2D eigenvalue weighted by molar-refractivity contribution is 6.35. The van der Waals surface area contributed by atoms with Crippen molar-refractivity contribution in [2.75, 3.05) is 37.6 Å². The van der Waals surface area contributed by atoms with E-state index in [0.717, 1.165) is 38.3 Å². The molecule has 0 aliphatic carbocycles. The number of piperazine rings is 1. The van der Waals surface area contributed by atoms with E-state index in [1.165, 1.54) is 5.69 Å². The molecule has 1 aliphatic rings. The van der Waals surface area contributed by atoms with Crippen molar-refractivity contribution in [2.45, 2.75) is 6.92 Å². The summed E-state index contributed by atoms with van der Waals surface area (Å²) in [7, 11) is 0. The minimum Gasteiger partial charge on any atom is -0.369 e. The molecule has 0 saturated carbocycles. The summed E-state index contributed by atoms with van der Waals surface area (Å²) >= 11 is 6.12. The first kappa shape index (κ1) is 17.1. The van der Waals surface area contributed by atoms with Gasteiger partial charge in [-0.2, -0.15) is 0 Å². The zero-order valence-electron chi connectivity index (χ0n) is 14.7. The molecule has 2 heterocycles. The average molecular weight is 369 g/mol. The number of H-pyrrole nitrogens is 1. The first-order valence-electron chi connectivity index (χ1n) is 8.92. The Balaban J connectivity index is 1.61. The van der Waals surface area contributed by atoms with E-state index in [4.69, 9.17) is 11.6 Å². The molecule has 0 unspecified atom stereocenters. The highest BCUT2D eigenvalue weighted by atomic mass is 35.5. The molecular weight excluding hydrogens is 348 g/mol. The lowest BCUT2D eigenvalue weighted by atomic mass is 10.1. The normalized spacial score (nSPS) is 15.5. The maximum absolute atomic E-state index is 12.4. The van der Waals surface area contributed by atoms with Gasteiger partial charge in [0.2, 0.25) is 0 Å². The molecule has 1 fully saturated rings. The summed E-state index contributed by atoms with van der Waals surface area (Å²) in [5.74, 6) is 0.562. The van der Waals surface area contributed by atoms with E-state index < -0.39 is 0 Å². The third-order valence-electron chi connectivity index (χ3n) is 5.01. The Kier molecular flexibility index (Phi) is 4.66. The molecule has 0 bridgehead atoms. The van der Waals surface area contributed by atoms with Crippen LogP contribution in [-0.4, -0.2) is 47.6 Å². The molecule has 1 N–H and O–H groups in total. The van der Waals surface area contributed by atoms with Crippen LogP contribution in [0.2, 0.25) is 5.02 Å². The lowest BCUT2D eigenvalue weighted by molar-refractivity contribution is 0.271. The van der Waals surface area contributed by atoms with Crippen molar-refractivity contribution < 1.29 is 0 Å². The van der Waals surface area contributed by atoms with Crippen LogP contribution < -0.4 is 10.5 Å². The number of fused-ring (bicyclic) bond motifs is 1. The Morgan fingerprint density at radius 2 is 1.81 bits per heavy atom. The first-order valence-corrected chi connectivity index (χ1v) is 9.30. The van der Waals surface area contributed by atoms with Crippen LogP contribution in [0.3, 0.4) is 0 Å². The molecule has 4 rings (SSSR count). The number of benzene rings is 2. The number of likely N-dealkylation sites (N-methyl/N-ethyl adjacent to an activating group) is 1. The van der Waals surface area contributed by atoms with Crippen LogP contribution in [0.5, 0.6) is 0 Å². The van der Waals surface area contributed by atoms with Crippen molar-refractivity contribution in [3.05, 3.63) is 57.8 Å². The van der Waals surface area contributed by atoms with Gasteiger partial charge in [0, 0.05) is 37.4 Å². The van der Waals surface area contributed by atoms with Gasteiger partial charge < -0.3 is 14.8 Å². The second-order valence-electron chi connectivity index (χ2n) is 6.52. The topological polar surface area (TPSA) is 52.2 Å². The Morgan fingerprint density at radius 1 is 1.08 bits per heavy atom. The van der Waals surface area contributed by atoms with E-state index in [-0.39, 0.29) is 5.56 Å². The zero-order valence-corrected chi connectivity index (χ0v) is 15.5. The Morgan fingerprint density at radius 3 is 2.50 bits per heavy atom. The van der Waals surface area contributed by atoms with Crippen molar-refractivity contribution in [3.8, 4) is 11.4 Å². The second kappa shape index (κ2) is 7.09. The fourth-order valence-electron chi connectivity index (χ4n) is 3.44. The second-order valence-corrected chi connectivity index (χ2v) is 6.92. The molecule has 0 atom stereocenters. The molecule has 0 radical (unpaired) electrons. The van der Waals surface area contributed by atoms with E-state index in [0.29, 0.717) is 21.7 Å². The smallest absolute Gasteiger partial charge is 0.260 e. The van der Waals surface area contributed by atoms with Gasteiger partial charge in [0.1, 0.15) is 5.82 Å². The van der Waals surface area contributed by atoms with Crippen LogP contribution >= 0.6 is 11.6 Å². The predicted molar refractivity (Wildman–Crippen MR) is 107 cm³/mol. The van der Waals surface area contributed by atoms with E-state index in [2.05, 4.69) is 38.8 Å². The fourth-order valence-corrected chi connectivity index (χ4v) is 3.69. The molecular formula is C20H21ClN4O. The summed E-state index contributed by atoms with van der Waals surface area (Å²) in [5, 5.41) is 0.854. The van der Waals surface area contributed by atoms with Crippen molar-refractivity contribution in [1.82, 2.24) is 14.9 Å². The molecule has 0 spiro atoms. The first-order chi connectivity index (χ1) is 12.7. The Labute approximate surface area is 157 Å². The maximum Gasteiger partial charge on any atom is 0.260 e. The molecule has 6 heteroatoms. The molecule has 3 aromatic rings. The van der Waals surface area contributed by atoms with Gasteiger partial charge >= 0.3 is 0 Å². The third-order valence-corrected chi connectivity index (χ3v) is 5.32. The largest absolute Gasteiger partial charge is 0.369 e. The summed E-state index contributed by atoms with van der Waals surface area (Å²) in [6, 6.07) is 13.5. The van der Waals surface area contributed by atoms with E-state index in [1.807, 2.05) is 18.2 Å². The van der Waals surface area contributed by atoms with Gasteiger partial charge in [-0.3, -0.25) is 4.79 Å². The summed E-state index contributed by atoms with van der Waals surface area (Å²) in [6.07, 6.45) is 0. The average Bonchev–Trinajstić information content (AvgIpc) is 2.68. The van der Waals surface area contributed by atoms with Crippen LogP contribution in [0, 0.1) is 0 Å². The molecule has 134 valence electrons. The third kappa shape index (κ3) is 3.20. The number of halogens is 1. The van der Waals surface area contributed by atoms with Crippen molar-refractivity contribution in [3.63, 3.8) is 0 Å². The van der Waals surface area contributed by atoms with Crippen LogP contribution in [-0.2, 0) is 0 Å². The summed E-state index contributed by atoms with van der Waals surface area (Å²) < 4.78 is 0. The Hall–Kier alpha value is -2.37. The molecule has 1 aliphatic heterocycles. The number of nitrogens with one attached hydrogen (secondary N) is 1. The number of aromatic amines is 1. The van der Waals surface area contributed by atoms with Crippen LogP contribution in [0.15, 0.2) is 47.3 Å². The number of nitrogens with zero attached hydrogens (tertiary/aromatic N) is 3. The summed E-state index contributed by atoms with van der Waals surface area (Å²) in [4.78, 5) is 24.6. The number of hydrogen-bond donors (Lipinski definition) is 1. The van der Waals surface area contributed by atoms with Gasteiger partial charge in [-0.25, -0.2) is 4.98 Å². The minimum atomic E-state index is -0.213. The van der Waals surface area contributed by atoms with Gasteiger partial charge in [-0.1, -0.05) is 24.6 Å². The fraction of sp³-hybridized carbons (Fsp3) is 0.300. The van der Waals surface area contributed by atoms with Crippen molar-refractivity contribution in [2.24, 2.45) is 0 Å². The minimum absolute atomic E-state index is 0.213. The van der Waals surface area contributed by atoms with E-state index in [1.54, 1.807) is 12.1 Å². The van der Waals surface area contributed by atoms with Gasteiger partial charge in [-0.05, 0) is 42.9 Å². The predicted octanol–water partition coefficient (Wildman–Crippen LogP) is 3.39. The van der Waals surface area contributed by atoms with Gasteiger partial charge in [0.15, 0.2) is 0 Å². The van der Waals surface area contributed by atoms with Crippen molar-refractivity contribution in [1.29, 1.82) is 0 Å². The number of anilines is 1. The highest BCUT2D eigenvalue weighted by Crippen LogP contribution is 2.24. The highest BCUT2D eigenvalue weighted by Gasteiger charge is 2.16. The van der Waals surface area contributed by atoms with Gasteiger partial charge in [0.05, 0.1) is 15.9 Å². The number of aromatic nitrogens is 2. The quantitative estimate of drug-likeness (QED) is 0.770. The molecule has 26 heavy (non-hydrogen) atoms. The molecule has 5 nitrogen and oxygen atoms in total. The zero-order chi connectivity index (χ0) is 18.1. The summed E-state index contributed by atoms with van der Waals surface area (Å²) in [5.41, 5.74) is 2.49. The number of hydrogen-bond acceptors (Lipinski definition) is 4. The SMILES string of the molecule is CCN1CCN(c2ccc(-c3nc4cccc(Cl)c4c(=O)[nH]3)cc2)CC1. The van der Waals surface area contributed by atoms with E-state index >= 15 is 0 Å². The van der Waals surface area contributed by atoms with Crippen LogP contribution in [0.25, 0.3) is 22.3 Å². The molecule has 0 amide bonds.